The Labute approximate surface area is 546 Å². The number of ether oxygens (including phenoxy) is 4. The molecule has 0 aliphatic rings. The second-order valence-corrected chi connectivity index (χ2v) is 24.4. The van der Waals surface area contributed by atoms with Crippen LogP contribution in [0.5, 0.6) is 0 Å². The molecule has 0 saturated carbocycles. The van der Waals surface area contributed by atoms with Crippen molar-refractivity contribution in [3.63, 3.8) is 0 Å². The maximum atomic E-state index is 12.9. The van der Waals surface area contributed by atoms with E-state index in [0.717, 1.165) is 135 Å². The lowest BCUT2D eigenvalue weighted by Crippen LogP contribution is -2.44. The molecular weight excluding hydrogens is 1100 g/mol. The third kappa shape index (κ3) is 70.2. The Morgan fingerprint density at radius 2 is 0.607 bits per heavy atom. The molecule has 0 aromatic heterocycles. The van der Waals surface area contributed by atoms with Gasteiger partial charge in [-0.3, -0.25) is 9.59 Å². The summed E-state index contributed by atoms with van der Waals surface area (Å²) < 4.78 is 22.8. The first-order valence-electron chi connectivity index (χ1n) is 35.6. The Kier molecular flexibility index (Phi) is 64.9. The molecule has 2 atom stereocenters. The zero-order valence-corrected chi connectivity index (χ0v) is 57.5. The summed E-state index contributed by atoms with van der Waals surface area (Å²) in [4.78, 5) is 37.5. The Hall–Kier alpha value is -5.09. The van der Waals surface area contributed by atoms with Crippen molar-refractivity contribution >= 4 is 17.9 Å². The molecule has 0 rings (SSSR count). The summed E-state index contributed by atoms with van der Waals surface area (Å²) in [5, 5.41) is 11.8. The van der Waals surface area contributed by atoms with E-state index in [2.05, 4.69) is 172 Å². The molecule has 504 valence electrons. The zero-order valence-electron chi connectivity index (χ0n) is 57.5. The minimum Gasteiger partial charge on any atom is -0.545 e. The Bertz CT molecular complexity index is 2020. The van der Waals surface area contributed by atoms with Gasteiger partial charge in [-0.2, -0.15) is 0 Å². The maximum absolute atomic E-state index is 12.9. The highest BCUT2D eigenvalue weighted by atomic mass is 16.7. The number of unbranched alkanes of at least 4 members (excludes halogenated alkanes) is 23. The van der Waals surface area contributed by atoms with Crippen LogP contribution < -0.4 is 5.11 Å². The SMILES string of the molecule is CC/C=C\C/C=C\C/C=C\C/C=C\C/C=C\C/C=C\C/C=C\CCCCCCCCCCCCCCCCCC(=O)OC(COC(=O)CCCCCCCCCC/C=C\C/C=C\C/C=C\C/C=C\C/C=C\C/C=C\CC)COC(OCC[N+](C)(C)C)C(=O)[O-]. The van der Waals surface area contributed by atoms with Crippen molar-refractivity contribution in [2.24, 2.45) is 0 Å². The van der Waals surface area contributed by atoms with Crippen LogP contribution in [0.1, 0.15) is 271 Å². The number of rotatable bonds is 64. The van der Waals surface area contributed by atoms with Gasteiger partial charge in [-0.05, 0) is 122 Å². The number of aliphatic carboxylic acids is 1. The van der Waals surface area contributed by atoms with Gasteiger partial charge in [-0.1, -0.05) is 294 Å². The molecule has 0 aromatic carbocycles. The second kappa shape index (κ2) is 68.8. The van der Waals surface area contributed by atoms with Crippen LogP contribution in [0.4, 0.5) is 0 Å². The number of quaternary nitrogens is 1. The Morgan fingerprint density at radius 3 is 0.899 bits per heavy atom. The molecule has 89 heavy (non-hydrogen) atoms. The average molecular weight is 1230 g/mol. The summed E-state index contributed by atoms with van der Waals surface area (Å²) in [7, 11) is 5.92. The summed E-state index contributed by atoms with van der Waals surface area (Å²) >= 11 is 0. The van der Waals surface area contributed by atoms with Crippen molar-refractivity contribution in [3.05, 3.63) is 158 Å². The predicted molar refractivity (Wildman–Crippen MR) is 379 cm³/mol. The fraction of sp³-hybridized carbons (Fsp3) is 0.637. The smallest absolute Gasteiger partial charge is 0.306 e. The number of esters is 2. The van der Waals surface area contributed by atoms with Gasteiger partial charge in [0.1, 0.15) is 13.2 Å². The van der Waals surface area contributed by atoms with Gasteiger partial charge in [0, 0.05) is 12.8 Å². The molecule has 9 heteroatoms. The topological polar surface area (TPSA) is 111 Å². The fourth-order valence-electron chi connectivity index (χ4n) is 9.40. The molecule has 0 aromatic rings. The standard InChI is InChI=1S/C80H131NO8/c1-6-8-10-12-14-16-18-20-22-24-26-28-30-32-34-35-36-37-38-39-40-41-42-43-45-47-49-51-53-55-57-59-61-63-65-67-69-71-78(83)89-76(75-88-80(79(84)85)86-73-72-81(3,4)5)74-87-77(82)70-68-66-64-62-60-58-56-54-52-50-48-46-44-33-31-29-27-25-23-21-19-17-15-13-11-9-7-2/h8-11,14-17,20-23,26-29,32-34,36-37,39-40,44,48,50,76,80H,6-7,12-13,18-19,24-25,30-31,35,38,41-43,45-47,49,51-75H2,1-5H3/b10-8-,11-9-,16-14-,17-15-,22-20-,23-21-,28-26-,29-27-,34-32-,37-36-,40-39-,44-33-,50-48-. The van der Waals surface area contributed by atoms with Crippen LogP contribution >= 0.6 is 0 Å². The van der Waals surface area contributed by atoms with Crippen molar-refractivity contribution in [2.45, 2.75) is 283 Å². The van der Waals surface area contributed by atoms with Crippen molar-refractivity contribution in [2.75, 3.05) is 47.5 Å². The number of likely N-dealkylation sites (N-methyl/N-ethyl adjacent to an activating group) is 1. The van der Waals surface area contributed by atoms with Gasteiger partial charge in [0.15, 0.2) is 12.4 Å². The van der Waals surface area contributed by atoms with Crippen LogP contribution in [-0.4, -0.2) is 82.3 Å². The molecule has 0 heterocycles. The van der Waals surface area contributed by atoms with Crippen LogP contribution in [-0.2, 0) is 33.3 Å². The first-order valence-corrected chi connectivity index (χ1v) is 35.6. The lowest BCUT2D eigenvalue weighted by atomic mass is 10.0. The van der Waals surface area contributed by atoms with Crippen LogP contribution in [0.15, 0.2) is 158 Å². The van der Waals surface area contributed by atoms with E-state index >= 15 is 0 Å². The number of nitrogens with zero attached hydrogens (tertiary/aromatic N) is 1. The lowest BCUT2D eigenvalue weighted by Gasteiger charge is -2.26. The third-order valence-electron chi connectivity index (χ3n) is 14.8. The summed E-state index contributed by atoms with van der Waals surface area (Å²) in [6.45, 7) is 4.51. The van der Waals surface area contributed by atoms with E-state index in [-0.39, 0.29) is 38.6 Å². The number of allylic oxidation sites excluding steroid dienone is 26. The van der Waals surface area contributed by atoms with E-state index in [1.165, 1.54) is 103 Å². The van der Waals surface area contributed by atoms with E-state index in [4.69, 9.17) is 18.9 Å². The zero-order chi connectivity index (χ0) is 64.7. The highest BCUT2D eigenvalue weighted by Gasteiger charge is 2.22. The maximum Gasteiger partial charge on any atom is 0.306 e. The van der Waals surface area contributed by atoms with Gasteiger partial charge in [-0.15, -0.1) is 0 Å². The highest BCUT2D eigenvalue weighted by Crippen LogP contribution is 2.16. The first-order chi connectivity index (χ1) is 43.6. The molecule has 0 amide bonds. The largest absolute Gasteiger partial charge is 0.545 e. The summed E-state index contributed by atoms with van der Waals surface area (Å²) in [5.41, 5.74) is 0. The van der Waals surface area contributed by atoms with Crippen LogP contribution in [0.2, 0.25) is 0 Å². The minimum absolute atomic E-state index is 0.139. The highest BCUT2D eigenvalue weighted by molar-refractivity contribution is 5.70. The number of carboxylic acids is 1. The lowest BCUT2D eigenvalue weighted by molar-refractivity contribution is -0.870. The van der Waals surface area contributed by atoms with Crippen molar-refractivity contribution in [1.29, 1.82) is 0 Å². The molecule has 0 fully saturated rings. The predicted octanol–water partition coefficient (Wildman–Crippen LogP) is 21.1. The third-order valence-corrected chi connectivity index (χ3v) is 14.8. The van der Waals surface area contributed by atoms with Crippen molar-refractivity contribution in [3.8, 4) is 0 Å². The summed E-state index contributed by atoms with van der Waals surface area (Å²) in [5.74, 6) is -2.30. The second-order valence-electron chi connectivity index (χ2n) is 24.4. The average Bonchev–Trinajstić information content (AvgIpc) is 3.70. The van der Waals surface area contributed by atoms with Crippen LogP contribution in [0, 0.1) is 0 Å². The number of hydrogen-bond donors (Lipinski definition) is 0. The Balaban J connectivity index is 4.15. The molecule has 0 radical (unpaired) electrons. The van der Waals surface area contributed by atoms with E-state index < -0.39 is 24.3 Å². The molecule has 0 N–H and O–H groups in total. The molecule has 2 unspecified atom stereocenters. The number of hydrogen-bond acceptors (Lipinski definition) is 8. The summed E-state index contributed by atoms with van der Waals surface area (Å²) in [6.07, 6.45) is 98.9. The monoisotopic (exact) mass is 1230 g/mol. The molecule has 0 aliphatic carbocycles. The van der Waals surface area contributed by atoms with E-state index in [1.54, 1.807) is 0 Å². The minimum atomic E-state index is -1.63. The normalized spacial score (nSPS) is 13.7. The number of carboxylic acid groups (broad SMARTS) is 1. The molecule has 0 aliphatic heterocycles. The molecule has 9 nitrogen and oxygen atoms in total. The van der Waals surface area contributed by atoms with Gasteiger partial charge in [0.2, 0.25) is 0 Å². The van der Waals surface area contributed by atoms with Gasteiger partial charge in [-0.25, -0.2) is 0 Å². The van der Waals surface area contributed by atoms with E-state index in [9.17, 15) is 19.5 Å². The Morgan fingerprint density at radius 1 is 0.337 bits per heavy atom. The van der Waals surface area contributed by atoms with E-state index in [1.807, 2.05) is 21.1 Å². The number of carbonyl (C=O) groups excluding carboxylic acids is 3. The summed E-state index contributed by atoms with van der Waals surface area (Å²) in [6, 6.07) is 0. The quantitative estimate of drug-likeness (QED) is 0.0195. The fourth-order valence-corrected chi connectivity index (χ4v) is 9.40. The molecule has 0 bridgehead atoms. The van der Waals surface area contributed by atoms with Crippen LogP contribution in [0.3, 0.4) is 0 Å². The van der Waals surface area contributed by atoms with Gasteiger partial charge >= 0.3 is 11.9 Å². The van der Waals surface area contributed by atoms with Gasteiger partial charge in [0.05, 0.1) is 40.3 Å². The van der Waals surface area contributed by atoms with Crippen molar-refractivity contribution < 1.29 is 42.9 Å². The molecule has 0 saturated heterocycles. The molecule has 0 spiro atoms. The van der Waals surface area contributed by atoms with Gasteiger partial charge in [0.25, 0.3) is 0 Å². The van der Waals surface area contributed by atoms with Crippen molar-refractivity contribution in [1.82, 2.24) is 0 Å². The molecular formula is C80H131NO8. The van der Waals surface area contributed by atoms with E-state index in [0.29, 0.717) is 17.4 Å². The first kappa shape index (κ1) is 83.9. The van der Waals surface area contributed by atoms with Crippen LogP contribution in [0.25, 0.3) is 0 Å². The van der Waals surface area contributed by atoms with Gasteiger partial charge < -0.3 is 33.3 Å². The number of carbonyl (C=O) groups is 3.